The standard InChI is InChI=1S/C10H13BrO2/c1-6-3-8(9(13)5-12)4-7(2)10(6)11/h3-4,9,12-13H,5H2,1-2H3. The van der Waals surface area contributed by atoms with Crippen LogP contribution in [0.25, 0.3) is 0 Å². The van der Waals surface area contributed by atoms with Gasteiger partial charge in [0.2, 0.25) is 0 Å². The molecule has 2 nitrogen and oxygen atoms in total. The van der Waals surface area contributed by atoms with E-state index in [4.69, 9.17) is 5.11 Å². The van der Waals surface area contributed by atoms with Crippen LogP contribution in [0.2, 0.25) is 0 Å². The molecule has 2 N–H and O–H groups in total. The molecule has 13 heavy (non-hydrogen) atoms. The molecule has 0 bridgehead atoms. The Labute approximate surface area is 86.3 Å². The van der Waals surface area contributed by atoms with Gasteiger partial charge in [-0.05, 0) is 30.5 Å². The molecule has 0 saturated heterocycles. The van der Waals surface area contributed by atoms with Gasteiger partial charge >= 0.3 is 0 Å². The molecule has 0 radical (unpaired) electrons. The molecule has 1 unspecified atom stereocenters. The number of hydrogen-bond acceptors (Lipinski definition) is 2. The molecule has 0 aromatic heterocycles. The molecular formula is C10H13BrO2. The molecule has 1 rings (SSSR count). The molecule has 72 valence electrons. The topological polar surface area (TPSA) is 40.5 Å². The van der Waals surface area contributed by atoms with Crippen molar-refractivity contribution in [2.45, 2.75) is 20.0 Å². The first kappa shape index (κ1) is 10.7. The van der Waals surface area contributed by atoms with E-state index in [9.17, 15) is 5.11 Å². The van der Waals surface area contributed by atoms with Crippen molar-refractivity contribution in [2.75, 3.05) is 6.61 Å². The third-order valence-corrected chi connectivity index (χ3v) is 3.27. The first-order chi connectivity index (χ1) is 6.06. The molecule has 3 heteroatoms. The lowest BCUT2D eigenvalue weighted by Crippen LogP contribution is -2.03. The Morgan fingerprint density at radius 2 is 1.77 bits per heavy atom. The van der Waals surface area contributed by atoms with Gasteiger partial charge in [-0.2, -0.15) is 0 Å². The molecule has 1 atom stereocenters. The van der Waals surface area contributed by atoms with E-state index in [1.165, 1.54) is 0 Å². The van der Waals surface area contributed by atoms with Crippen molar-refractivity contribution >= 4 is 15.9 Å². The lowest BCUT2D eigenvalue weighted by Gasteiger charge is -2.11. The van der Waals surface area contributed by atoms with Crippen LogP contribution >= 0.6 is 15.9 Å². The molecule has 1 aromatic carbocycles. The van der Waals surface area contributed by atoms with Crippen LogP contribution in [0.15, 0.2) is 16.6 Å². The molecular weight excluding hydrogens is 232 g/mol. The zero-order valence-corrected chi connectivity index (χ0v) is 9.30. The van der Waals surface area contributed by atoms with Gasteiger partial charge in [0.1, 0.15) is 6.10 Å². The average Bonchev–Trinajstić information content (AvgIpc) is 2.12. The van der Waals surface area contributed by atoms with Crippen LogP contribution in [-0.4, -0.2) is 16.8 Å². The highest BCUT2D eigenvalue weighted by atomic mass is 79.9. The molecule has 0 aliphatic rings. The first-order valence-corrected chi connectivity index (χ1v) is 4.91. The molecule has 1 aromatic rings. The number of aliphatic hydroxyl groups is 2. The summed E-state index contributed by atoms with van der Waals surface area (Å²) in [5, 5.41) is 18.2. The minimum absolute atomic E-state index is 0.236. The van der Waals surface area contributed by atoms with E-state index in [-0.39, 0.29) is 6.61 Å². The van der Waals surface area contributed by atoms with Crippen LogP contribution in [-0.2, 0) is 0 Å². The SMILES string of the molecule is Cc1cc(C(O)CO)cc(C)c1Br. The molecule has 0 saturated carbocycles. The molecule has 0 fully saturated rings. The van der Waals surface area contributed by atoms with E-state index >= 15 is 0 Å². The second kappa shape index (κ2) is 4.22. The summed E-state index contributed by atoms with van der Waals surface area (Å²) in [7, 11) is 0. The molecule has 0 aliphatic heterocycles. The summed E-state index contributed by atoms with van der Waals surface area (Å²) in [6.45, 7) is 3.69. The van der Waals surface area contributed by atoms with Gasteiger partial charge < -0.3 is 10.2 Å². The lowest BCUT2D eigenvalue weighted by molar-refractivity contribution is 0.0955. The predicted octanol–water partition coefficient (Wildman–Crippen LogP) is 2.09. The highest BCUT2D eigenvalue weighted by Gasteiger charge is 2.08. The zero-order valence-electron chi connectivity index (χ0n) is 7.71. The van der Waals surface area contributed by atoms with Crippen molar-refractivity contribution in [3.8, 4) is 0 Å². The van der Waals surface area contributed by atoms with Crippen LogP contribution in [0.1, 0.15) is 22.8 Å². The summed E-state index contributed by atoms with van der Waals surface area (Å²) in [5.41, 5.74) is 2.91. The second-order valence-electron chi connectivity index (χ2n) is 3.17. The van der Waals surface area contributed by atoms with E-state index < -0.39 is 6.10 Å². The van der Waals surface area contributed by atoms with Crippen molar-refractivity contribution in [3.63, 3.8) is 0 Å². The van der Waals surface area contributed by atoms with Crippen LogP contribution < -0.4 is 0 Å². The van der Waals surface area contributed by atoms with Crippen LogP contribution in [0.4, 0.5) is 0 Å². The van der Waals surface area contributed by atoms with E-state index in [1.807, 2.05) is 26.0 Å². The van der Waals surface area contributed by atoms with Gasteiger partial charge in [0.05, 0.1) is 6.61 Å². The van der Waals surface area contributed by atoms with Crippen LogP contribution in [0.3, 0.4) is 0 Å². The van der Waals surface area contributed by atoms with Gasteiger partial charge in [-0.3, -0.25) is 0 Å². The summed E-state index contributed by atoms with van der Waals surface area (Å²) in [6.07, 6.45) is -0.773. The van der Waals surface area contributed by atoms with Crippen LogP contribution in [0, 0.1) is 13.8 Å². The third kappa shape index (κ3) is 2.30. The third-order valence-electron chi connectivity index (χ3n) is 2.02. The van der Waals surface area contributed by atoms with E-state index in [2.05, 4.69) is 15.9 Å². The minimum Gasteiger partial charge on any atom is -0.393 e. The highest BCUT2D eigenvalue weighted by molar-refractivity contribution is 9.10. The van der Waals surface area contributed by atoms with Gasteiger partial charge in [0.25, 0.3) is 0 Å². The van der Waals surface area contributed by atoms with Crippen molar-refractivity contribution in [1.29, 1.82) is 0 Å². The Hall–Kier alpha value is -0.380. The fourth-order valence-corrected chi connectivity index (χ4v) is 1.51. The Bertz CT molecular complexity index is 287. The summed E-state index contributed by atoms with van der Waals surface area (Å²) < 4.78 is 1.06. The van der Waals surface area contributed by atoms with Gasteiger partial charge in [-0.1, -0.05) is 28.1 Å². The fourth-order valence-electron chi connectivity index (χ4n) is 1.28. The number of rotatable bonds is 2. The van der Waals surface area contributed by atoms with Gasteiger partial charge in [0.15, 0.2) is 0 Å². The lowest BCUT2D eigenvalue weighted by atomic mass is 10.0. The minimum atomic E-state index is -0.773. The Morgan fingerprint density at radius 3 is 2.15 bits per heavy atom. The van der Waals surface area contributed by atoms with E-state index in [0.717, 1.165) is 21.2 Å². The number of hydrogen-bond donors (Lipinski definition) is 2. The summed E-state index contributed by atoms with van der Waals surface area (Å²) in [5.74, 6) is 0. The molecule has 0 heterocycles. The van der Waals surface area contributed by atoms with Gasteiger partial charge in [-0.25, -0.2) is 0 Å². The number of halogens is 1. The first-order valence-electron chi connectivity index (χ1n) is 4.12. The Balaban J connectivity index is 3.13. The Morgan fingerprint density at radius 1 is 1.31 bits per heavy atom. The van der Waals surface area contributed by atoms with Crippen molar-refractivity contribution in [3.05, 3.63) is 33.3 Å². The molecule has 0 aliphatic carbocycles. The zero-order chi connectivity index (χ0) is 10.0. The maximum atomic E-state index is 9.40. The largest absolute Gasteiger partial charge is 0.393 e. The maximum Gasteiger partial charge on any atom is 0.102 e. The summed E-state index contributed by atoms with van der Waals surface area (Å²) in [4.78, 5) is 0. The predicted molar refractivity (Wildman–Crippen MR) is 55.7 cm³/mol. The van der Waals surface area contributed by atoms with Crippen LogP contribution in [0.5, 0.6) is 0 Å². The Kier molecular flexibility index (Phi) is 3.47. The number of aryl methyl sites for hydroxylation is 2. The monoisotopic (exact) mass is 244 g/mol. The van der Waals surface area contributed by atoms with Crippen molar-refractivity contribution in [1.82, 2.24) is 0 Å². The van der Waals surface area contributed by atoms with E-state index in [1.54, 1.807) is 0 Å². The maximum absolute atomic E-state index is 9.40. The molecule has 0 amide bonds. The summed E-state index contributed by atoms with van der Waals surface area (Å²) >= 11 is 3.44. The smallest absolute Gasteiger partial charge is 0.102 e. The normalized spacial score (nSPS) is 13.0. The average molecular weight is 245 g/mol. The molecule has 0 spiro atoms. The number of benzene rings is 1. The van der Waals surface area contributed by atoms with Gasteiger partial charge in [-0.15, -0.1) is 0 Å². The fraction of sp³-hybridized carbons (Fsp3) is 0.400. The quantitative estimate of drug-likeness (QED) is 0.837. The second-order valence-corrected chi connectivity index (χ2v) is 3.96. The van der Waals surface area contributed by atoms with Gasteiger partial charge in [0, 0.05) is 4.47 Å². The van der Waals surface area contributed by atoms with Crippen molar-refractivity contribution in [2.24, 2.45) is 0 Å². The summed E-state index contributed by atoms with van der Waals surface area (Å²) in [6, 6.07) is 3.75. The highest BCUT2D eigenvalue weighted by Crippen LogP contribution is 2.25. The van der Waals surface area contributed by atoms with Crippen molar-refractivity contribution < 1.29 is 10.2 Å². The number of aliphatic hydroxyl groups excluding tert-OH is 2. The van der Waals surface area contributed by atoms with E-state index in [0.29, 0.717) is 0 Å².